The summed E-state index contributed by atoms with van der Waals surface area (Å²) in [5, 5.41) is 3.51. The molecule has 0 amide bonds. The van der Waals surface area contributed by atoms with Gasteiger partial charge in [-0.25, -0.2) is 0 Å². The molecule has 1 N–H and O–H groups in total. The molecule has 0 atom stereocenters. The van der Waals surface area contributed by atoms with E-state index in [4.69, 9.17) is 0 Å². The minimum Gasteiger partial charge on any atom is -0.383 e. The first-order valence-electron chi connectivity index (χ1n) is 5.23. The summed E-state index contributed by atoms with van der Waals surface area (Å²) in [5.74, 6) is 0. The quantitative estimate of drug-likeness (QED) is 0.777. The van der Waals surface area contributed by atoms with Crippen LogP contribution in [0.1, 0.15) is 13.8 Å². The van der Waals surface area contributed by atoms with Crippen molar-refractivity contribution in [2.75, 3.05) is 30.4 Å². The average Bonchev–Trinajstić information content (AvgIpc) is 2.24. The fourth-order valence-electron chi connectivity index (χ4n) is 2.16. The van der Waals surface area contributed by atoms with Crippen LogP contribution in [-0.2, 0) is 0 Å². The summed E-state index contributed by atoms with van der Waals surface area (Å²) in [4.78, 5) is 2.32. The van der Waals surface area contributed by atoms with Crippen LogP contribution in [0.15, 0.2) is 22.7 Å². The fourth-order valence-corrected chi connectivity index (χ4v) is 2.83. The molecule has 0 bridgehead atoms. The highest BCUT2D eigenvalue weighted by Crippen LogP contribution is 2.37. The lowest BCUT2D eigenvalue weighted by molar-refractivity contribution is 0.402. The Hall–Kier alpha value is -0.700. The molecule has 1 aliphatic rings. The molecule has 0 fully saturated rings. The topological polar surface area (TPSA) is 15.3 Å². The van der Waals surface area contributed by atoms with E-state index >= 15 is 0 Å². The Morgan fingerprint density at radius 2 is 2.13 bits per heavy atom. The van der Waals surface area contributed by atoms with Gasteiger partial charge in [0.2, 0.25) is 0 Å². The van der Waals surface area contributed by atoms with Crippen LogP contribution in [0.2, 0.25) is 0 Å². The minimum absolute atomic E-state index is 0.299. The van der Waals surface area contributed by atoms with E-state index in [0.717, 1.165) is 17.6 Å². The predicted octanol–water partition coefficient (Wildman–Crippen LogP) is 3.34. The summed E-state index contributed by atoms with van der Waals surface area (Å²) in [6, 6.07) is 6.30. The Balaban J connectivity index is 2.44. The average molecular weight is 269 g/mol. The molecule has 15 heavy (non-hydrogen) atoms. The van der Waals surface area contributed by atoms with Gasteiger partial charge in [-0.1, -0.05) is 19.9 Å². The molecule has 3 heteroatoms. The molecule has 0 unspecified atom stereocenters. The van der Waals surface area contributed by atoms with Crippen LogP contribution >= 0.6 is 15.9 Å². The number of nitrogens with one attached hydrogen (secondary N) is 1. The van der Waals surface area contributed by atoms with Gasteiger partial charge in [0.05, 0.1) is 11.4 Å². The van der Waals surface area contributed by atoms with E-state index in [9.17, 15) is 0 Å². The van der Waals surface area contributed by atoms with Crippen LogP contribution in [0.25, 0.3) is 0 Å². The van der Waals surface area contributed by atoms with Crippen molar-refractivity contribution < 1.29 is 0 Å². The third-order valence-corrected chi connectivity index (χ3v) is 3.43. The maximum atomic E-state index is 3.61. The number of benzene rings is 1. The van der Waals surface area contributed by atoms with Crippen molar-refractivity contribution in [3.05, 3.63) is 22.7 Å². The van der Waals surface area contributed by atoms with E-state index in [0.29, 0.717) is 5.41 Å². The van der Waals surface area contributed by atoms with Crippen molar-refractivity contribution >= 4 is 27.3 Å². The Morgan fingerprint density at radius 1 is 1.40 bits per heavy atom. The molecule has 0 aliphatic carbocycles. The van der Waals surface area contributed by atoms with Crippen molar-refractivity contribution in [3.8, 4) is 0 Å². The van der Waals surface area contributed by atoms with Crippen molar-refractivity contribution in [1.82, 2.24) is 0 Å². The van der Waals surface area contributed by atoms with Gasteiger partial charge >= 0.3 is 0 Å². The smallest absolute Gasteiger partial charge is 0.0743 e. The lowest BCUT2D eigenvalue weighted by Gasteiger charge is -2.28. The van der Waals surface area contributed by atoms with Crippen molar-refractivity contribution in [2.24, 2.45) is 5.41 Å². The Kier molecular flexibility index (Phi) is 2.67. The molecule has 0 radical (unpaired) electrons. The zero-order valence-corrected chi connectivity index (χ0v) is 11.1. The minimum atomic E-state index is 0.299. The normalized spacial score (nSPS) is 19.1. The molecule has 1 aromatic rings. The van der Waals surface area contributed by atoms with Crippen molar-refractivity contribution in [1.29, 1.82) is 0 Å². The largest absolute Gasteiger partial charge is 0.383 e. The third kappa shape index (κ3) is 2.12. The second-order valence-electron chi connectivity index (χ2n) is 5.01. The summed E-state index contributed by atoms with van der Waals surface area (Å²) in [5.41, 5.74) is 2.79. The molecular weight excluding hydrogens is 252 g/mol. The van der Waals surface area contributed by atoms with Gasteiger partial charge in [0.1, 0.15) is 0 Å². The van der Waals surface area contributed by atoms with Gasteiger partial charge in [0, 0.05) is 24.6 Å². The van der Waals surface area contributed by atoms with Gasteiger partial charge in [-0.2, -0.15) is 0 Å². The van der Waals surface area contributed by atoms with E-state index in [-0.39, 0.29) is 0 Å². The van der Waals surface area contributed by atoms with Gasteiger partial charge in [-0.15, -0.1) is 0 Å². The molecule has 82 valence electrons. The van der Waals surface area contributed by atoms with Crippen LogP contribution in [0.4, 0.5) is 11.4 Å². The van der Waals surface area contributed by atoms with E-state index in [2.05, 4.69) is 65.2 Å². The number of fused-ring (bicyclic) bond motifs is 1. The van der Waals surface area contributed by atoms with Crippen molar-refractivity contribution in [3.63, 3.8) is 0 Å². The number of nitrogens with zero attached hydrogens (tertiary/aromatic N) is 1. The van der Waals surface area contributed by atoms with E-state index < -0.39 is 0 Å². The molecule has 2 rings (SSSR count). The molecule has 2 nitrogen and oxygen atoms in total. The molecule has 1 heterocycles. The van der Waals surface area contributed by atoms with Crippen LogP contribution in [0, 0.1) is 5.41 Å². The third-order valence-electron chi connectivity index (χ3n) is 2.79. The summed E-state index contributed by atoms with van der Waals surface area (Å²) >= 11 is 3.61. The van der Waals surface area contributed by atoms with Gasteiger partial charge in [-0.05, 0) is 33.5 Å². The highest BCUT2D eigenvalue weighted by molar-refractivity contribution is 9.10. The molecule has 1 aliphatic heterocycles. The second-order valence-corrected chi connectivity index (χ2v) is 5.86. The highest BCUT2D eigenvalue weighted by atomic mass is 79.9. The molecular formula is C12H17BrN2. The Labute approximate surface area is 99.8 Å². The molecule has 1 aromatic carbocycles. The molecule has 0 saturated heterocycles. The number of hydrogen-bond acceptors (Lipinski definition) is 2. The first-order valence-corrected chi connectivity index (χ1v) is 6.02. The first-order chi connectivity index (χ1) is 6.99. The number of anilines is 2. The standard InChI is InChI=1S/C12H17BrN2/c1-12(2)7-14-10-6-4-5-9(13)11(10)15(3)8-12/h4-6,14H,7-8H2,1-3H3. The fraction of sp³-hybridized carbons (Fsp3) is 0.500. The summed E-state index contributed by atoms with van der Waals surface area (Å²) in [6.07, 6.45) is 0. The van der Waals surface area contributed by atoms with Crippen LogP contribution in [0.5, 0.6) is 0 Å². The summed E-state index contributed by atoms with van der Waals surface area (Å²) in [6.45, 7) is 6.66. The van der Waals surface area contributed by atoms with E-state index in [1.54, 1.807) is 0 Å². The molecule has 0 aromatic heterocycles. The zero-order chi connectivity index (χ0) is 11.1. The van der Waals surface area contributed by atoms with Gasteiger partial charge in [0.25, 0.3) is 0 Å². The van der Waals surface area contributed by atoms with Crippen LogP contribution < -0.4 is 10.2 Å². The zero-order valence-electron chi connectivity index (χ0n) is 9.47. The SMILES string of the molecule is CN1CC(C)(C)CNc2cccc(Br)c21. The van der Waals surface area contributed by atoms with Crippen LogP contribution in [0.3, 0.4) is 0 Å². The molecule has 0 saturated carbocycles. The summed E-state index contributed by atoms with van der Waals surface area (Å²) in [7, 11) is 2.15. The van der Waals surface area contributed by atoms with E-state index in [1.807, 2.05) is 0 Å². The Morgan fingerprint density at radius 3 is 2.87 bits per heavy atom. The second kappa shape index (κ2) is 3.71. The molecule has 0 spiro atoms. The highest BCUT2D eigenvalue weighted by Gasteiger charge is 2.26. The van der Waals surface area contributed by atoms with Gasteiger partial charge < -0.3 is 10.2 Å². The first kappa shape index (κ1) is 10.8. The number of halogens is 1. The Bertz CT molecular complexity index is 374. The number of para-hydroxylation sites is 1. The lowest BCUT2D eigenvalue weighted by Crippen LogP contribution is -2.33. The number of rotatable bonds is 0. The van der Waals surface area contributed by atoms with Crippen molar-refractivity contribution in [2.45, 2.75) is 13.8 Å². The van der Waals surface area contributed by atoms with E-state index in [1.165, 1.54) is 11.4 Å². The predicted molar refractivity (Wildman–Crippen MR) is 69.7 cm³/mol. The maximum absolute atomic E-state index is 3.61. The van der Waals surface area contributed by atoms with Gasteiger partial charge in [0.15, 0.2) is 0 Å². The number of hydrogen-bond donors (Lipinski definition) is 1. The lowest BCUT2D eigenvalue weighted by atomic mass is 9.93. The van der Waals surface area contributed by atoms with Gasteiger partial charge in [-0.3, -0.25) is 0 Å². The maximum Gasteiger partial charge on any atom is 0.0743 e. The van der Waals surface area contributed by atoms with Crippen LogP contribution in [-0.4, -0.2) is 20.1 Å². The summed E-state index contributed by atoms with van der Waals surface area (Å²) < 4.78 is 1.16. The monoisotopic (exact) mass is 268 g/mol.